The normalized spacial score (nSPS) is 5.50. The molecule has 0 amide bonds. The molecule has 0 rings (SSSR count). The van der Waals surface area contributed by atoms with Crippen molar-refractivity contribution in [3.8, 4) is 0 Å². The maximum atomic E-state index is 3.02. The van der Waals surface area contributed by atoms with Crippen LogP contribution in [0.3, 0.4) is 0 Å². The van der Waals surface area contributed by atoms with Crippen molar-refractivity contribution in [2.45, 2.75) is 0 Å². The Kier molecular flexibility index (Phi) is 5.20. The first-order valence-corrected chi connectivity index (χ1v) is 2.60. The molecule has 0 bridgehead atoms. The van der Waals surface area contributed by atoms with Crippen LogP contribution in [-0.2, 0) is 0 Å². The van der Waals surface area contributed by atoms with Crippen molar-refractivity contribution in [3.05, 3.63) is 0 Å². The molecule has 0 spiro atoms. The van der Waals surface area contributed by atoms with E-state index in [9.17, 15) is 0 Å². The number of hydrogen-bond donors (Lipinski definition) is 0. The first kappa shape index (κ1) is 5.09. The van der Waals surface area contributed by atoms with E-state index in [1.807, 2.05) is 0 Å². The van der Waals surface area contributed by atoms with Gasteiger partial charge < -0.3 is 0 Å². The Hall–Kier alpha value is 1.09. The molecule has 0 N–H and O–H groups in total. The van der Waals surface area contributed by atoms with Crippen LogP contribution in [0.4, 0.5) is 0 Å². The van der Waals surface area contributed by atoms with Crippen molar-refractivity contribution >= 4 is 42.8 Å². The van der Waals surface area contributed by atoms with E-state index in [0.717, 1.165) is 0 Å². The molecular weight excluding hydrogens is 181 g/mol. The topological polar surface area (TPSA) is 0 Å². The Labute approximate surface area is 43.0 Å². The molecular formula is B2Br2. The molecule has 0 saturated carbocycles. The van der Waals surface area contributed by atoms with Gasteiger partial charge in [0.2, 0.25) is 0 Å². The average Bonchev–Trinajstić information content (AvgIpc) is 1.37. The molecule has 0 radical (unpaired) electrons. The van der Waals surface area contributed by atoms with Crippen molar-refractivity contribution in [3.63, 3.8) is 0 Å². The summed E-state index contributed by atoms with van der Waals surface area (Å²) in [4.78, 5) is 0. The third kappa shape index (κ3) is 3.09. The van der Waals surface area contributed by atoms with Crippen LogP contribution < -0.4 is 0 Å². The first-order chi connectivity index (χ1) is 1.91. The Morgan fingerprint density at radius 3 is 1.25 bits per heavy atom. The standard InChI is InChI=1S/B2Br2/c3-1-2-4. The van der Waals surface area contributed by atoms with Gasteiger partial charge in [-0.1, -0.05) is 0 Å². The second-order valence-corrected chi connectivity index (χ2v) is 1.31. The van der Waals surface area contributed by atoms with E-state index in [0.29, 0.717) is 0 Å². The van der Waals surface area contributed by atoms with Crippen LogP contribution in [0.5, 0.6) is 0 Å². The van der Waals surface area contributed by atoms with Gasteiger partial charge in [0.05, 0.1) is 0 Å². The Morgan fingerprint density at radius 2 is 1.25 bits per heavy atom. The predicted octanol–water partition coefficient (Wildman–Crippen LogP) is 0.930. The maximum absolute atomic E-state index is 3.02. The molecule has 0 fully saturated rings. The van der Waals surface area contributed by atoms with E-state index < -0.39 is 0 Å². The minimum absolute atomic E-state index is 1.73. The summed E-state index contributed by atoms with van der Waals surface area (Å²) in [6.45, 7) is 0. The third-order valence-electron chi connectivity index (χ3n) is 0.0476. The van der Waals surface area contributed by atoms with E-state index in [4.69, 9.17) is 0 Å². The molecule has 4 heavy (non-hydrogen) atoms. The molecule has 0 heterocycles. The van der Waals surface area contributed by atoms with E-state index >= 15 is 0 Å². The fourth-order valence-electron chi connectivity index (χ4n) is 0. The van der Waals surface area contributed by atoms with Gasteiger partial charge in [-0.05, 0) is 0 Å². The molecule has 0 aromatic carbocycles. The van der Waals surface area contributed by atoms with Crippen molar-refractivity contribution < 1.29 is 0 Å². The Balaban J connectivity index is 2.55. The van der Waals surface area contributed by atoms with Gasteiger partial charge >= 0.3 is 42.8 Å². The van der Waals surface area contributed by atoms with Crippen LogP contribution in [0.1, 0.15) is 0 Å². The van der Waals surface area contributed by atoms with Crippen LogP contribution >= 0.6 is 31.5 Å². The van der Waals surface area contributed by atoms with Gasteiger partial charge in [-0.25, -0.2) is 0 Å². The predicted molar refractivity (Wildman–Crippen MR) is 29.4 cm³/mol. The van der Waals surface area contributed by atoms with Crippen molar-refractivity contribution in [1.82, 2.24) is 0 Å². The molecule has 0 aromatic heterocycles. The molecule has 0 aliphatic rings. The molecule has 0 aliphatic heterocycles. The third-order valence-corrected chi connectivity index (χ3v) is 1.29. The van der Waals surface area contributed by atoms with Gasteiger partial charge in [-0.2, -0.15) is 0 Å². The molecule has 0 aliphatic carbocycles. The van der Waals surface area contributed by atoms with Gasteiger partial charge in [0, 0.05) is 0 Å². The second-order valence-electron chi connectivity index (χ2n) is 0.252. The second kappa shape index (κ2) is 4.09. The van der Waals surface area contributed by atoms with E-state index in [1.54, 1.807) is 11.3 Å². The quantitative estimate of drug-likeness (QED) is 0.488. The van der Waals surface area contributed by atoms with Gasteiger partial charge in [-0.15, -0.1) is 0 Å². The van der Waals surface area contributed by atoms with Crippen LogP contribution in [-0.4, -0.2) is 11.3 Å². The summed E-state index contributed by atoms with van der Waals surface area (Å²) in [6, 6.07) is 0. The van der Waals surface area contributed by atoms with Crippen LogP contribution in [0, 0.1) is 0 Å². The van der Waals surface area contributed by atoms with Crippen molar-refractivity contribution in [2.75, 3.05) is 0 Å². The number of halogens is 2. The average molecular weight is 181 g/mol. The Bertz CT molecular complexity index is 19.2. The number of rotatable bonds is 0. The SMILES string of the molecule is BrB=BBr. The number of hydrogen-bond acceptors (Lipinski definition) is 0. The summed E-state index contributed by atoms with van der Waals surface area (Å²) in [5, 5.41) is 0. The van der Waals surface area contributed by atoms with E-state index in [-0.39, 0.29) is 0 Å². The summed E-state index contributed by atoms with van der Waals surface area (Å²) in [5.41, 5.74) is 3.46. The Morgan fingerprint density at radius 1 is 1.00 bits per heavy atom. The fraction of sp³-hybridized carbons (Fsp3) is 0. The molecule has 4 heteroatoms. The van der Waals surface area contributed by atoms with Crippen LogP contribution in [0.15, 0.2) is 0 Å². The zero-order valence-corrected chi connectivity index (χ0v) is 5.08. The minimum atomic E-state index is 1.73. The molecule has 20 valence electrons. The fourth-order valence-corrected chi connectivity index (χ4v) is 0. The molecule has 0 aromatic rings. The van der Waals surface area contributed by atoms with Crippen molar-refractivity contribution in [2.24, 2.45) is 0 Å². The summed E-state index contributed by atoms with van der Waals surface area (Å²) < 4.78 is 0. The van der Waals surface area contributed by atoms with E-state index in [1.165, 1.54) is 0 Å². The van der Waals surface area contributed by atoms with Crippen molar-refractivity contribution in [1.29, 1.82) is 0 Å². The summed E-state index contributed by atoms with van der Waals surface area (Å²) in [5.74, 6) is 0. The zero-order valence-electron chi connectivity index (χ0n) is 1.91. The molecule has 0 atom stereocenters. The molecule has 0 saturated heterocycles. The zero-order chi connectivity index (χ0) is 3.41. The summed E-state index contributed by atoms with van der Waals surface area (Å²) in [7, 11) is 0. The monoisotopic (exact) mass is 180 g/mol. The van der Waals surface area contributed by atoms with Gasteiger partial charge in [0.25, 0.3) is 0 Å². The van der Waals surface area contributed by atoms with Gasteiger partial charge in [0.1, 0.15) is 0 Å². The summed E-state index contributed by atoms with van der Waals surface area (Å²) >= 11 is 6.04. The van der Waals surface area contributed by atoms with Crippen LogP contribution in [0.25, 0.3) is 0 Å². The molecule has 0 unspecified atom stereocenters. The van der Waals surface area contributed by atoms with Crippen LogP contribution in [0.2, 0.25) is 0 Å². The summed E-state index contributed by atoms with van der Waals surface area (Å²) in [6.07, 6.45) is 0. The van der Waals surface area contributed by atoms with Gasteiger partial charge in [-0.3, -0.25) is 0 Å². The molecule has 0 nitrogen and oxygen atoms in total. The first-order valence-electron chi connectivity index (χ1n) is 0.770. The van der Waals surface area contributed by atoms with Gasteiger partial charge in [0.15, 0.2) is 0 Å². The van der Waals surface area contributed by atoms with E-state index in [2.05, 4.69) is 31.5 Å².